The van der Waals surface area contributed by atoms with Crippen molar-refractivity contribution in [3.63, 3.8) is 0 Å². The molecule has 0 N–H and O–H groups in total. The smallest absolute Gasteiger partial charge is 0.143 e. The summed E-state index contributed by atoms with van der Waals surface area (Å²) >= 11 is 18.4. The summed E-state index contributed by atoms with van der Waals surface area (Å²) in [6, 6.07) is 5.20. The number of halogens is 3. The van der Waals surface area contributed by atoms with Crippen LogP contribution in [0.15, 0.2) is 18.2 Å². The van der Waals surface area contributed by atoms with Crippen molar-refractivity contribution >= 4 is 40.6 Å². The fourth-order valence-electron chi connectivity index (χ4n) is 2.16. The lowest BCUT2D eigenvalue weighted by Gasteiger charge is -2.07. The summed E-state index contributed by atoms with van der Waals surface area (Å²) in [7, 11) is 1.79. The van der Waals surface area contributed by atoms with Crippen molar-refractivity contribution in [2.45, 2.75) is 26.2 Å². The summed E-state index contributed by atoms with van der Waals surface area (Å²) in [5, 5.41) is 5.87. The highest BCUT2D eigenvalue weighted by Crippen LogP contribution is 2.26. The van der Waals surface area contributed by atoms with Crippen LogP contribution in [0, 0.1) is 0 Å². The third kappa shape index (κ3) is 3.60. The van der Waals surface area contributed by atoms with Crippen molar-refractivity contribution in [1.82, 2.24) is 9.78 Å². The molecule has 0 atom stereocenters. The molecule has 2 aromatic rings. The zero-order valence-corrected chi connectivity index (χ0v) is 14.1. The fourth-order valence-corrected chi connectivity index (χ4v) is 3.05. The SMILES string of the molecule is CCc1nn(C)c(CC(=O)Cc2c(Cl)cccc2Cl)c1Cl. The molecule has 1 aromatic heterocycles. The minimum absolute atomic E-state index is 0.00227. The van der Waals surface area contributed by atoms with Crippen molar-refractivity contribution < 1.29 is 4.79 Å². The molecule has 3 nitrogen and oxygen atoms in total. The van der Waals surface area contributed by atoms with E-state index in [1.165, 1.54) is 0 Å². The van der Waals surface area contributed by atoms with Crippen LogP contribution in [0.4, 0.5) is 0 Å². The molecule has 0 bridgehead atoms. The first kappa shape index (κ1) is 16.3. The number of aromatic nitrogens is 2. The van der Waals surface area contributed by atoms with Crippen LogP contribution in [0.5, 0.6) is 0 Å². The van der Waals surface area contributed by atoms with E-state index in [-0.39, 0.29) is 18.6 Å². The Kier molecular flexibility index (Phi) is 5.31. The zero-order chi connectivity index (χ0) is 15.6. The molecule has 1 aromatic carbocycles. The molecule has 0 radical (unpaired) electrons. The van der Waals surface area contributed by atoms with Gasteiger partial charge in [-0.3, -0.25) is 9.48 Å². The molecule has 0 unspecified atom stereocenters. The Balaban J connectivity index is 2.18. The average Bonchev–Trinajstić information content (AvgIpc) is 2.70. The molecule has 1 heterocycles. The molecule has 0 saturated carbocycles. The van der Waals surface area contributed by atoms with Gasteiger partial charge in [0.05, 0.1) is 22.8 Å². The molecule has 0 aliphatic heterocycles. The van der Waals surface area contributed by atoms with E-state index >= 15 is 0 Å². The minimum atomic E-state index is -0.00227. The minimum Gasteiger partial charge on any atom is -0.299 e. The maximum Gasteiger partial charge on any atom is 0.143 e. The van der Waals surface area contributed by atoms with Crippen LogP contribution in [-0.4, -0.2) is 15.6 Å². The van der Waals surface area contributed by atoms with E-state index in [0.717, 1.165) is 17.8 Å². The van der Waals surface area contributed by atoms with Crippen LogP contribution in [0.25, 0.3) is 0 Å². The Hall–Kier alpha value is -1.03. The van der Waals surface area contributed by atoms with Gasteiger partial charge in [-0.05, 0) is 24.1 Å². The number of rotatable bonds is 5. The molecule has 0 saturated heterocycles. The van der Waals surface area contributed by atoms with Gasteiger partial charge in [-0.1, -0.05) is 47.8 Å². The molecule has 0 aliphatic carbocycles. The molecule has 21 heavy (non-hydrogen) atoms. The van der Waals surface area contributed by atoms with E-state index in [1.54, 1.807) is 29.9 Å². The number of carbonyl (C=O) groups is 1. The predicted octanol–water partition coefficient (Wildman–Crippen LogP) is 4.30. The summed E-state index contributed by atoms with van der Waals surface area (Å²) in [5.74, 6) is -0.00227. The lowest BCUT2D eigenvalue weighted by atomic mass is 10.1. The Morgan fingerprint density at radius 3 is 2.33 bits per heavy atom. The first-order chi connectivity index (χ1) is 9.93. The highest BCUT2D eigenvalue weighted by atomic mass is 35.5. The maximum absolute atomic E-state index is 12.3. The molecule has 0 fully saturated rings. The number of nitrogens with zero attached hydrogens (tertiary/aromatic N) is 2. The van der Waals surface area contributed by atoms with E-state index in [1.807, 2.05) is 6.92 Å². The maximum atomic E-state index is 12.3. The van der Waals surface area contributed by atoms with Gasteiger partial charge >= 0.3 is 0 Å². The topological polar surface area (TPSA) is 34.9 Å². The standard InChI is InChI=1S/C15H15Cl3N2O/c1-3-13-15(18)14(20(2)19-13)8-9(21)7-10-11(16)5-4-6-12(10)17/h4-6H,3,7-8H2,1-2H3. The van der Waals surface area contributed by atoms with Crippen LogP contribution >= 0.6 is 34.8 Å². The number of benzene rings is 1. The largest absolute Gasteiger partial charge is 0.299 e. The summed E-state index contributed by atoms with van der Waals surface area (Å²) in [5.41, 5.74) is 2.18. The summed E-state index contributed by atoms with van der Waals surface area (Å²) < 4.78 is 1.66. The highest BCUT2D eigenvalue weighted by Gasteiger charge is 2.18. The first-order valence-corrected chi connectivity index (χ1v) is 7.72. The molecule has 0 aliphatic rings. The van der Waals surface area contributed by atoms with E-state index in [4.69, 9.17) is 34.8 Å². The van der Waals surface area contributed by atoms with Crippen LogP contribution in [-0.2, 0) is 31.1 Å². The van der Waals surface area contributed by atoms with Gasteiger partial charge in [0.2, 0.25) is 0 Å². The van der Waals surface area contributed by atoms with Gasteiger partial charge in [0.15, 0.2) is 0 Å². The number of hydrogen-bond donors (Lipinski definition) is 0. The Morgan fingerprint density at radius 2 is 1.81 bits per heavy atom. The Morgan fingerprint density at radius 1 is 1.19 bits per heavy atom. The predicted molar refractivity (Wildman–Crippen MR) is 86.5 cm³/mol. The van der Waals surface area contributed by atoms with Crippen LogP contribution in [0.1, 0.15) is 23.9 Å². The molecule has 0 spiro atoms. The lowest BCUT2D eigenvalue weighted by Crippen LogP contribution is -2.11. The average molecular weight is 346 g/mol. The van der Waals surface area contributed by atoms with E-state index in [0.29, 0.717) is 20.6 Å². The Labute approximate surface area is 138 Å². The molecule has 6 heteroatoms. The second kappa shape index (κ2) is 6.82. The van der Waals surface area contributed by atoms with Crippen molar-refractivity contribution in [3.05, 3.63) is 50.2 Å². The molecular weight excluding hydrogens is 331 g/mol. The van der Waals surface area contributed by atoms with Crippen molar-refractivity contribution in [1.29, 1.82) is 0 Å². The first-order valence-electron chi connectivity index (χ1n) is 6.58. The van der Waals surface area contributed by atoms with Crippen LogP contribution in [0.2, 0.25) is 15.1 Å². The number of ketones is 1. The monoisotopic (exact) mass is 344 g/mol. The lowest BCUT2D eigenvalue weighted by molar-refractivity contribution is -0.117. The Bertz CT molecular complexity index is 660. The summed E-state index contributed by atoms with van der Waals surface area (Å²) in [6.45, 7) is 1.98. The second-order valence-corrected chi connectivity index (χ2v) is 5.97. The van der Waals surface area contributed by atoms with Crippen molar-refractivity contribution in [2.75, 3.05) is 0 Å². The van der Waals surface area contributed by atoms with Crippen LogP contribution < -0.4 is 0 Å². The quantitative estimate of drug-likeness (QED) is 0.810. The zero-order valence-electron chi connectivity index (χ0n) is 11.8. The molecule has 2 rings (SSSR count). The molecular formula is C15H15Cl3N2O. The third-order valence-corrected chi connectivity index (χ3v) is 4.45. The number of carbonyl (C=O) groups excluding carboxylic acids is 1. The van der Waals surface area contributed by atoms with E-state index in [2.05, 4.69) is 5.10 Å². The van der Waals surface area contributed by atoms with Gasteiger partial charge in [0.1, 0.15) is 5.78 Å². The molecule has 0 amide bonds. The van der Waals surface area contributed by atoms with Gasteiger partial charge in [-0.25, -0.2) is 0 Å². The third-order valence-electron chi connectivity index (χ3n) is 3.30. The number of hydrogen-bond acceptors (Lipinski definition) is 2. The van der Waals surface area contributed by atoms with Gasteiger partial charge in [-0.2, -0.15) is 5.10 Å². The molecule has 112 valence electrons. The van der Waals surface area contributed by atoms with Crippen molar-refractivity contribution in [3.8, 4) is 0 Å². The van der Waals surface area contributed by atoms with Gasteiger partial charge in [0, 0.05) is 23.5 Å². The fraction of sp³-hybridized carbons (Fsp3) is 0.333. The second-order valence-electron chi connectivity index (χ2n) is 4.78. The van der Waals surface area contributed by atoms with E-state index < -0.39 is 0 Å². The summed E-state index contributed by atoms with van der Waals surface area (Å²) in [4.78, 5) is 12.3. The van der Waals surface area contributed by atoms with Gasteiger partial charge in [-0.15, -0.1) is 0 Å². The number of aryl methyl sites for hydroxylation is 2. The van der Waals surface area contributed by atoms with Gasteiger partial charge in [0.25, 0.3) is 0 Å². The van der Waals surface area contributed by atoms with Crippen LogP contribution in [0.3, 0.4) is 0 Å². The van der Waals surface area contributed by atoms with Gasteiger partial charge < -0.3 is 0 Å². The highest BCUT2D eigenvalue weighted by molar-refractivity contribution is 6.36. The van der Waals surface area contributed by atoms with E-state index in [9.17, 15) is 4.79 Å². The number of Topliss-reactive ketones (excluding diaryl/α,β-unsaturated/α-hetero) is 1. The normalized spacial score (nSPS) is 10.9. The van der Waals surface area contributed by atoms with Crippen molar-refractivity contribution in [2.24, 2.45) is 7.05 Å². The summed E-state index contributed by atoms with van der Waals surface area (Å²) in [6.07, 6.45) is 1.13.